The van der Waals surface area contributed by atoms with Crippen LogP contribution in [0.5, 0.6) is 0 Å². The second kappa shape index (κ2) is 13.7. The summed E-state index contributed by atoms with van der Waals surface area (Å²) in [7, 11) is 2.04. The Labute approximate surface area is 210 Å². The van der Waals surface area contributed by atoms with Gasteiger partial charge in [-0.05, 0) is 52.0 Å². The van der Waals surface area contributed by atoms with E-state index in [0.29, 0.717) is 31.1 Å². The van der Waals surface area contributed by atoms with Crippen molar-refractivity contribution in [3.8, 4) is 6.07 Å². The number of rotatable bonds is 6. The lowest BCUT2D eigenvalue weighted by Gasteiger charge is -2.37. The van der Waals surface area contributed by atoms with E-state index in [1.165, 1.54) is 19.3 Å². The quantitative estimate of drug-likeness (QED) is 0.438. The van der Waals surface area contributed by atoms with Crippen molar-refractivity contribution in [3.05, 3.63) is 0 Å². The first-order valence-corrected chi connectivity index (χ1v) is 13.6. The second-order valence-corrected chi connectivity index (χ2v) is 10.4. The van der Waals surface area contributed by atoms with E-state index in [9.17, 15) is 14.9 Å². The summed E-state index contributed by atoms with van der Waals surface area (Å²) in [5, 5.41) is 15.9. The number of aliphatic imine (C=N–C) groups is 1. The number of piperidine rings is 1. The Kier molecular flexibility index (Phi) is 10.6. The molecule has 2 aliphatic heterocycles. The molecule has 3 aliphatic rings. The van der Waals surface area contributed by atoms with E-state index in [4.69, 9.17) is 9.73 Å². The number of alkyl carbamates (subject to hydrolysis) is 1. The van der Waals surface area contributed by atoms with Gasteiger partial charge in [-0.25, -0.2) is 9.79 Å². The highest BCUT2D eigenvalue weighted by atomic mass is 16.5. The summed E-state index contributed by atoms with van der Waals surface area (Å²) < 4.78 is 5.15. The normalized spacial score (nSPS) is 23.0. The molecule has 0 bridgehead atoms. The SMILES string of the molecule is CCOC(=O)NC(=N[C@@H](CC1CCCCC1)C(=O)NC1(C#N)CCN(C)CC1)N1CCCCCC1. The number of nitriles is 1. The summed E-state index contributed by atoms with van der Waals surface area (Å²) in [5.41, 5.74) is -0.860. The summed E-state index contributed by atoms with van der Waals surface area (Å²) in [4.78, 5) is 35.2. The molecule has 35 heavy (non-hydrogen) atoms. The van der Waals surface area contributed by atoms with E-state index in [0.717, 1.165) is 64.7 Å². The first-order valence-electron chi connectivity index (χ1n) is 13.6. The molecule has 0 spiro atoms. The molecular weight excluding hydrogens is 444 g/mol. The van der Waals surface area contributed by atoms with E-state index in [1.807, 2.05) is 7.05 Å². The van der Waals surface area contributed by atoms with Crippen LogP contribution in [-0.4, -0.2) is 79.2 Å². The third-order valence-corrected chi connectivity index (χ3v) is 7.67. The fraction of sp³-hybridized carbons (Fsp3) is 0.846. The lowest BCUT2D eigenvalue weighted by Crippen LogP contribution is -2.56. The lowest BCUT2D eigenvalue weighted by atomic mass is 9.84. The van der Waals surface area contributed by atoms with E-state index in [2.05, 4.69) is 26.5 Å². The molecular formula is C26H44N6O3. The Balaban J connectivity index is 1.85. The zero-order valence-electron chi connectivity index (χ0n) is 21.7. The molecule has 2 saturated heterocycles. The third-order valence-electron chi connectivity index (χ3n) is 7.67. The monoisotopic (exact) mass is 488 g/mol. The van der Waals surface area contributed by atoms with Crippen LogP contribution < -0.4 is 10.6 Å². The Morgan fingerprint density at radius 1 is 1.06 bits per heavy atom. The van der Waals surface area contributed by atoms with Crippen LogP contribution in [0, 0.1) is 17.2 Å². The summed E-state index contributed by atoms with van der Waals surface area (Å²) in [6.07, 6.45) is 11.4. The molecule has 1 saturated carbocycles. The maximum atomic E-state index is 13.7. The van der Waals surface area contributed by atoms with Gasteiger partial charge in [-0.1, -0.05) is 44.9 Å². The lowest BCUT2D eigenvalue weighted by molar-refractivity contribution is -0.124. The summed E-state index contributed by atoms with van der Waals surface area (Å²) in [6, 6.07) is 1.74. The predicted molar refractivity (Wildman–Crippen MR) is 136 cm³/mol. The Bertz CT molecular complexity index is 758. The minimum Gasteiger partial charge on any atom is -0.450 e. The Hall–Kier alpha value is -2.34. The molecule has 2 heterocycles. The Morgan fingerprint density at radius 2 is 1.69 bits per heavy atom. The molecule has 1 atom stereocenters. The number of carbonyl (C=O) groups is 2. The van der Waals surface area contributed by atoms with Gasteiger partial charge in [-0.3, -0.25) is 10.1 Å². The van der Waals surface area contributed by atoms with Crippen LogP contribution in [0.25, 0.3) is 0 Å². The van der Waals surface area contributed by atoms with Crippen molar-refractivity contribution in [2.45, 2.75) is 95.6 Å². The van der Waals surface area contributed by atoms with Crippen molar-refractivity contribution in [2.24, 2.45) is 10.9 Å². The fourth-order valence-electron chi connectivity index (χ4n) is 5.42. The van der Waals surface area contributed by atoms with Crippen LogP contribution in [0.4, 0.5) is 4.79 Å². The minimum absolute atomic E-state index is 0.209. The predicted octanol–water partition coefficient (Wildman–Crippen LogP) is 3.41. The van der Waals surface area contributed by atoms with Crippen LogP contribution >= 0.6 is 0 Å². The van der Waals surface area contributed by atoms with Crippen LogP contribution in [0.1, 0.15) is 84.0 Å². The number of nitrogens with zero attached hydrogens (tertiary/aromatic N) is 4. The number of likely N-dealkylation sites (tertiary alicyclic amines) is 2. The van der Waals surface area contributed by atoms with Gasteiger partial charge in [0.15, 0.2) is 0 Å². The number of ether oxygens (including phenoxy) is 1. The van der Waals surface area contributed by atoms with Crippen molar-refractivity contribution >= 4 is 18.0 Å². The van der Waals surface area contributed by atoms with Gasteiger partial charge in [0.05, 0.1) is 12.7 Å². The first-order chi connectivity index (χ1) is 16.9. The summed E-state index contributed by atoms with van der Waals surface area (Å²) >= 11 is 0. The molecule has 0 radical (unpaired) electrons. The zero-order valence-corrected chi connectivity index (χ0v) is 21.7. The van der Waals surface area contributed by atoms with Crippen molar-refractivity contribution in [3.63, 3.8) is 0 Å². The molecule has 0 aromatic heterocycles. The zero-order chi connectivity index (χ0) is 25.1. The molecule has 0 aromatic rings. The minimum atomic E-state index is -0.860. The van der Waals surface area contributed by atoms with E-state index < -0.39 is 17.7 Å². The van der Waals surface area contributed by atoms with Crippen molar-refractivity contribution in [1.82, 2.24) is 20.4 Å². The average Bonchev–Trinajstić information content (AvgIpc) is 3.15. The maximum absolute atomic E-state index is 13.7. The maximum Gasteiger partial charge on any atom is 0.413 e. The van der Waals surface area contributed by atoms with Gasteiger partial charge in [0, 0.05) is 26.2 Å². The van der Waals surface area contributed by atoms with E-state index in [1.54, 1.807) is 6.92 Å². The summed E-state index contributed by atoms with van der Waals surface area (Å²) in [5.74, 6) is 0.641. The molecule has 0 aromatic carbocycles. The van der Waals surface area contributed by atoms with Crippen LogP contribution in [-0.2, 0) is 9.53 Å². The molecule has 1 aliphatic carbocycles. The number of amides is 2. The summed E-state index contributed by atoms with van der Waals surface area (Å²) in [6.45, 7) is 5.16. The van der Waals surface area contributed by atoms with Crippen LogP contribution in [0.3, 0.4) is 0 Å². The first kappa shape index (κ1) is 27.3. The molecule has 196 valence electrons. The number of hydrogen-bond acceptors (Lipinski definition) is 6. The average molecular weight is 489 g/mol. The standard InChI is InChI=1S/C26H44N6O3/c1-3-35-25(34)29-24(32-15-9-4-5-10-16-32)28-22(19-21-11-7-6-8-12-21)23(33)30-26(20-27)13-17-31(2)18-14-26/h21-22H,3-19H2,1-2H3,(H,30,33)(H,28,29,34)/t22-/m0/s1. The van der Waals surface area contributed by atoms with Crippen LogP contribution in [0.15, 0.2) is 4.99 Å². The van der Waals surface area contributed by atoms with E-state index in [-0.39, 0.29) is 12.5 Å². The molecule has 9 heteroatoms. The largest absolute Gasteiger partial charge is 0.450 e. The number of carbonyl (C=O) groups excluding carboxylic acids is 2. The topological polar surface area (TPSA) is 110 Å². The van der Waals surface area contributed by atoms with Gasteiger partial charge in [0.1, 0.15) is 11.6 Å². The fourth-order valence-corrected chi connectivity index (χ4v) is 5.42. The van der Waals surface area contributed by atoms with Gasteiger partial charge in [-0.2, -0.15) is 5.26 Å². The highest BCUT2D eigenvalue weighted by Gasteiger charge is 2.38. The van der Waals surface area contributed by atoms with Gasteiger partial charge in [0.25, 0.3) is 0 Å². The Morgan fingerprint density at radius 3 is 2.29 bits per heavy atom. The molecule has 9 nitrogen and oxygen atoms in total. The van der Waals surface area contributed by atoms with Gasteiger partial charge < -0.3 is 19.9 Å². The van der Waals surface area contributed by atoms with Crippen molar-refractivity contribution < 1.29 is 14.3 Å². The smallest absolute Gasteiger partial charge is 0.413 e. The number of nitrogens with one attached hydrogen (secondary N) is 2. The molecule has 2 amide bonds. The highest BCUT2D eigenvalue weighted by Crippen LogP contribution is 2.29. The second-order valence-electron chi connectivity index (χ2n) is 10.4. The highest BCUT2D eigenvalue weighted by molar-refractivity contribution is 5.96. The molecule has 3 rings (SSSR count). The van der Waals surface area contributed by atoms with E-state index >= 15 is 0 Å². The van der Waals surface area contributed by atoms with Crippen molar-refractivity contribution in [1.29, 1.82) is 5.26 Å². The van der Waals surface area contributed by atoms with Gasteiger partial charge in [0.2, 0.25) is 11.9 Å². The molecule has 0 unspecified atom stereocenters. The molecule has 3 fully saturated rings. The third kappa shape index (κ3) is 8.38. The van der Waals surface area contributed by atoms with Crippen LogP contribution in [0.2, 0.25) is 0 Å². The number of hydrogen-bond donors (Lipinski definition) is 2. The van der Waals surface area contributed by atoms with Gasteiger partial charge in [-0.15, -0.1) is 0 Å². The molecule has 2 N–H and O–H groups in total. The number of guanidine groups is 1. The van der Waals surface area contributed by atoms with Crippen molar-refractivity contribution in [2.75, 3.05) is 39.8 Å². The van der Waals surface area contributed by atoms with Gasteiger partial charge >= 0.3 is 6.09 Å².